The van der Waals surface area contributed by atoms with E-state index < -0.39 is 15.9 Å². The predicted molar refractivity (Wildman–Crippen MR) is 102 cm³/mol. The van der Waals surface area contributed by atoms with E-state index in [-0.39, 0.29) is 10.8 Å². The van der Waals surface area contributed by atoms with E-state index in [0.29, 0.717) is 17.7 Å². The van der Waals surface area contributed by atoms with E-state index in [9.17, 15) is 13.2 Å². The Labute approximate surface area is 156 Å². The summed E-state index contributed by atoms with van der Waals surface area (Å²) in [6.45, 7) is 0. The van der Waals surface area contributed by atoms with E-state index in [2.05, 4.69) is 5.32 Å². The summed E-state index contributed by atoms with van der Waals surface area (Å²) in [6, 6.07) is 10.3. The number of methoxy groups -OCH3 is 1. The number of aromatic nitrogens is 1. The van der Waals surface area contributed by atoms with Crippen molar-refractivity contribution in [3.63, 3.8) is 0 Å². The number of ether oxygens (including phenoxy) is 1. The van der Waals surface area contributed by atoms with Crippen molar-refractivity contribution in [2.24, 2.45) is 12.2 Å². The van der Waals surface area contributed by atoms with Crippen LogP contribution in [0.5, 0.6) is 5.75 Å². The molecule has 2 heterocycles. The lowest BCUT2D eigenvalue weighted by Crippen LogP contribution is -2.15. The van der Waals surface area contributed by atoms with Crippen molar-refractivity contribution in [3.05, 3.63) is 53.7 Å². The van der Waals surface area contributed by atoms with Gasteiger partial charge >= 0.3 is 0 Å². The molecule has 8 heteroatoms. The summed E-state index contributed by atoms with van der Waals surface area (Å²) in [5.74, 6) is 0.0951. The van der Waals surface area contributed by atoms with Crippen LogP contribution in [0.4, 0.5) is 5.69 Å². The van der Waals surface area contributed by atoms with Crippen molar-refractivity contribution < 1.29 is 17.9 Å². The monoisotopic (exact) mass is 385 g/mol. The van der Waals surface area contributed by atoms with Crippen molar-refractivity contribution in [3.8, 4) is 5.75 Å². The Morgan fingerprint density at radius 2 is 2.00 bits per heavy atom. The van der Waals surface area contributed by atoms with E-state index in [0.717, 1.165) is 22.2 Å². The Hall–Kier alpha value is -2.84. The number of hydrogen-bond acceptors (Lipinski definition) is 4. The third-order valence-corrected chi connectivity index (χ3v) is 5.92. The van der Waals surface area contributed by atoms with Gasteiger partial charge in [0, 0.05) is 29.8 Å². The molecule has 1 atom stereocenters. The van der Waals surface area contributed by atoms with Gasteiger partial charge in [0.15, 0.2) is 0 Å². The molecule has 140 valence electrons. The number of amides is 1. The second kappa shape index (κ2) is 6.11. The molecule has 0 aliphatic carbocycles. The minimum Gasteiger partial charge on any atom is -0.497 e. The van der Waals surface area contributed by atoms with Crippen LogP contribution in [-0.2, 0) is 28.3 Å². The number of nitrogens with one attached hydrogen (secondary N) is 1. The summed E-state index contributed by atoms with van der Waals surface area (Å²) >= 11 is 0. The number of fused-ring (bicyclic) bond motifs is 2. The van der Waals surface area contributed by atoms with Crippen LogP contribution in [-0.4, -0.2) is 26.0 Å². The van der Waals surface area contributed by atoms with Crippen LogP contribution in [0.25, 0.3) is 10.9 Å². The molecule has 1 aromatic heterocycles. The van der Waals surface area contributed by atoms with Gasteiger partial charge in [-0.3, -0.25) is 4.79 Å². The van der Waals surface area contributed by atoms with Crippen molar-refractivity contribution in [1.29, 1.82) is 0 Å². The molecule has 0 bridgehead atoms. The second-order valence-electron chi connectivity index (χ2n) is 6.69. The lowest BCUT2D eigenvalue weighted by molar-refractivity contribution is -0.117. The number of aryl methyl sites for hydroxylation is 1. The van der Waals surface area contributed by atoms with Gasteiger partial charge in [-0.1, -0.05) is 0 Å². The molecule has 0 fully saturated rings. The molecule has 1 amide bonds. The summed E-state index contributed by atoms with van der Waals surface area (Å²) in [5, 5.41) is 9.06. The molecule has 0 spiro atoms. The second-order valence-corrected chi connectivity index (χ2v) is 8.25. The number of carbonyl (C=O) groups is 1. The molecule has 4 rings (SSSR count). The topological polar surface area (TPSA) is 103 Å². The average molecular weight is 385 g/mol. The summed E-state index contributed by atoms with van der Waals surface area (Å²) in [5.41, 5.74) is 3.28. The van der Waals surface area contributed by atoms with Gasteiger partial charge in [0.2, 0.25) is 15.9 Å². The number of rotatable bonds is 4. The number of anilines is 1. The van der Waals surface area contributed by atoms with E-state index in [1.54, 1.807) is 13.2 Å². The lowest BCUT2D eigenvalue weighted by atomic mass is 9.93. The lowest BCUT2D eigenvalue weighted by Gasteiger charge is -2.09. The third kappa shape index (κ3) is 2.96. The fraction of sp³-hybridized carbons (Fsp3) is 0.211. The number of hydrogen-bond donors (Lipinski definition) is 2. The fourth-order valence-corrected chi connectivity index (χ4v) is 4.19. The SMILES string of the molecule is COc1ccc2c(c1)c(CC1C(=O)Nc3ccc(S(N)(=O)=O)cc31)cn2C. The third-order valence-electron chi connectivity index (χ3n) is 5.00. The normalized spacial score (nSPS) is 16.4. The Morgan fingerprint density at radius 3 is 2.70 bits per heavy atom. The number of sulfonamides is 1. The van der Waals surface area contributed by atoms with Crippen LogP contribution in [0.3, 0.4) is 0 Å². The predicted octanol–water partition coefficient (Wildman–Crippen LogP) is 2.11. The van der Waals surface area contributed by atoms with Gasteiger partial charge in [-0.05, 0) is 53.9 Å². The minimum atomic E-state index is -3.84. The number of primary sulfonamides is 1. The Bertz CT molecular complexity index is 1180. The molecular formula is C19H19N3O4S. The standard InChI is InChI=1S/C19H19N3O4S/c1-22-10-11(14-8-12(26-2)3-6-18(14)22)7-16-15-9-13(27(20,24)25)4-5-17(15)21-19(16)23/h3-6,8-10,16H,7H2,1-2H3,(H,21,23)(H2,20,24,25). The Kier molecular flexibility index (Phi) is 3.97. The van der Waals surface area contributed by atoms with Crippen LogP contribution < -0.4 is 15.2 Å². The van der Waals surface area contributed by atoms with Crippen LogP contribution in [0.15, 0.2) is 47.5 Å². The number of nitrogens with two attached hydrogens (primary N) is 1. The number of carbonyl (C=O) groups excluding carboxylic acids is 1. The molecular weight excluding hydrogens is 366 g/mol. The first-order valence-corrected chi connectivity index (χ1v) is 9.92. The quantitative estimate of drug-likeness (QED) is 0.718. The van der Waals surface area contributed by atoms with Gasteiger partial charge in [0.05, 0.1) is 17.9 Å². The number of nitrogens with zero attached hydrogens (tertiary/aromatic N) is 1. The molecule has 0 saturated heterocycles. The zero-order chi connectivity index (χ0) is 19.3. The summed E-state index contributed by atoms with van der Waals surface area (Å²) < 4.78 is 30.7. The molecule has 7 nitrogen and oxygen atoms in total. The highest BCUT2D eigenvalue weighted by molar-refractivity contribution is 7.89. The minimum absolute atomic E-state index is 0.00217. The summed E-state index contributed by atoms with van der Waals surface area (Å²) in [7, 11) is -0.283. The van der Waals surface area contributed by atoms with Gasteiger partial charge in [-0.15, -0.1) is 0 Å². The van der Waals surface area contributed by atoms with Gasteiger partial charge < -0.3 is 14.6 Å². The van der Waals surface area contributed by atoms with Crippen molar-refractivity contribution >= 4 is 32.5 Å². The van der Waals surface area contributed by atoms with Crippen LogP contribution in [0.2, 0.25) is 0 Å². The maximum atomic E-state index is 12.5. The van der Waals surface area contributed by atoms with Gasteiger partial charge in [-0.2, -0.15) is 0 Å². The van der Waals surface area contributed by atoms with E-state index in [1.165, 1.54) is 12.1 Å². The van der Waals surface area contributed by atoms with Crippen molar-refractivity contribution in [2.75, 3.05) is 12.4 Å². The highest BCUT2D eigenvalue weighted by Crippen LogP contribution is 2.38. The molecule has 3 aromatic rings. The van der Waals surface area contributed by atoms with Gasteiger partial charge in [-0.25, -0.2) is 13.6 Å². The van der Waals surface area contributed by atoms with Crippen LogP contribution in [0, 0.1) is 0 Å². The van der Waals surface area contributed by atoms with E-state index in [4.69, 9.17) is 9.88 Å². The maximum absolute atomic E-state index is 12.5. The molecule has 27 heavy (non-hydrogen) atoms. The number of benzene rings is 2. The first-order valence-electron chi connectivity index (χ1n) is 8.37. The summed E-state index contributed by atoms with van der Waals surface area (Å²) in [4.78, 5) is 12.5. The smallest absolute Gasteiger partial charge is 0.238 e. The average Bonchev–Trinajstić information content (AvgIpc) is 3.10. The van der Waals surface area contributed by atoms with Crippen LogP contribution in [0.1, 0.15) is 17.0 Å². The molecule has 1 aliphatic heterocycles. The first-order chi connectivity index (χ1) is 12.8. The highest BCUT2D eigenvalue weighted by Gasteiger charge is 2.32. The van der Waals surface area contributed by atoms with Gasteiger partial charge in [0.25, 0.3) is 0 Å². The Balaban J connectivity index is 1.78. The van der Waals surface area contributed by atoms with Crippen LogP contribution >= 0.6 is 0 Å². The first kappa shape index (κ1) is 17.6. The van der Waals surface area contributed by atoms with Crippen molar-refractivity contribution in [2.45, 2.75) is 17.2 Å². The fourth-order valence-electron chi connectivity index (χ4n) is 3.65. The molecule has 0 radical (unpaired) electrons. The molecule has 0 saturated carbocycles. The summed E-state index contributed by atoms with van der Waals surface area (Å²) in [6.07, 6.45) is 2.43. The zero-order valence-corrected chi connectivity index (χ0v) is 15.7. The zero-order valence-electron chi connectivity index (χ0n) is 14.9. The largest absolute Gasteiger partial charge is 0.497 e. The van der Waals surface area contributed by atoms with E-state index >= 15 is 0 Å². The molecule has 3 N–H and O–H groups in total. The Morgan fingerprint density at radius 1 is 1.22 bits per heavy atom. The highest BCUT2D eigenvalue weighted by atomic mass is 32.2. The van der Waals surface area contributed by atoms with E-state index in [1.807, 2.05) is 36.0 Å². The maximum Gasteiger partial charge on any atom is 0.238 e. The molecule has 2 aromatic carbocycles. The van der Waals surface area contributed by atoms with Crippen molar-refractivity contribution in [1.82, 2.24) is 4.57 Å². The van der Waals surface area contributed by atoms with Gasteiger partial charge in [0.1, 0.15) is 5.75 Å². The molecule has 1 aliphatic rings. The molecule has 1 unspecified atom stereocenters.